The van der Waals surface area contributed by atoms with E-state index >= 15 is 0 Å². The molecule has 0 radical (unpaired) electrons. The highest BCUT2D eigenvalue weighted by Crippen LogP contribution is 2.24. The molecule has 5 nitrogen and oxygen atoms in total. The molecule has 2 atom stereocenters. The lowest BCUT2D eigenvalue weighted by Crippen LogP contribution is -2.48. The van der Waals surface area contributed by atoms with Crippen LogP contribution in [0, 0.1) is 0 Å². The minimum Gasteiger partial charge on any atom is -0.480 e. The molecule has 0 fully saturated rings. The molecule has 1 aliphatic heterocycles. The second-order valence-corrected chi connectivity index (χ2v) is 5.43. The summed E-state index contributed by atoms with van der Waals surface area (Å²) in [5, 5.41) is 9.39. The van der Waals surface area contributed by atoms with Crippen LogP contribution in [0.2, 0.25) is 0 Å². The summed E-state index contributed by atoms with van der Waals surface area (Å²) >= 11 is 0. The Morgan fingerprint density at radius 1 is 1.38 bits per heavy atom. The normalized spacial score (nSPS) is 19.0. The number of ether oxygens (including phenoxy) is 1. The Morgan fingerprint density at radius 2 is 2.05 bits per heavy atom. The Labute approximate surface area is 124 Å². The molecule has 1 aliphatic rings. The minimum atomic E-state index is -0.947. The first-order valence-corrected chi connectivity index (χ1v) is 7.14. The van der Waals surface area contributed by atoms with E-state index < -0.39 is 12.0 Å². The fourth-order valence-electron chi connectivity index (χ4n) is 2.59. The van der Waals surface area contributed by atoms with Gasteiger partial charge in [-0.25, -0.2) is 4.79 Å². The molecular formula is C16H21NO4. The van der Waals surface area contributed by atoms with Crippen LogP contribution in [0.5, 0.6) is 0 Å². The monoisotopic (exact) mass is 291 g/mol. The first kappa shape index (κ1) is 15.5. The average molecular weight is 291 g/mol. The van der Waals surface area contributed by atoms with E-state index in [-0.39, 0.29) is 12.0 Å². The van der Waals surface area contributed by atoms with E-state index in [0.29, 0.717) is 25.8 Å². The lowest BCUT2D eigenvalue weighted by atomic mass is 9.93. The molecule has 0 spiro atoms. The number of fused-ring (bicyclic) bond motifs is 1. The topological polar surface area (TPSA) is 66.8 Å². The number of aliphatic carboxylic acids is 1. The van der Waals surface area contributed by atoms with Crippen LogP contribution < -0.4 is 0 Å². The maximum atomic E-state index is 12.4. The average Bonchev–Trinajstić information content (AvgIpc) is 2.50. The van der Waals surface area contributed by atoms with Crippen LogP contribution in [-0.2, 0) is 27.3 Å². The van der Waals surface area contributed by atoms with Crippen LogP contribution >= 0.6 is 0 Å². The number of carboxylic acids is 1. The van der Waals surface area contributed by atoms with Crippen molar-refractivity contribution in [2.45, 2.75) is 44.9 Å². The van der Waals surface area contributed by atoms with Crippen LogP contribution in [0.1, 0.15) is 30.9 Å². The first-order valence-electron chi connectivity index (χ1n) is 7.14. The number of hydrogen-bond donors (Lipinski definition) is 1. The zero-order chi connectivity index (χ0) is 15.4. The van der Waals surface area contributed by atoms with Crippen molar-refractivity contribution in [1.29, 1.82) is 0 Å². The van der Waals surface area contributed by atoms with E-state index in [2.05, 4.69) is 0 Å². The van der Waals surface area contributed by atoms with Crippen molar-refractivity contribution in [2.24, 2.45) is 0 Å². The quantitative estimate of drug-likeness (QED) is 0.899. The maximum Gasteiger partial charge on any atom is 0.326 e. The summed E-state index contributed by atoms with van der Waals surface area (Å²) in [6.45, 7) is 2.26. The predicted octanol–water partition coefficient (Wildman–Crippen LogP) is 1.84. The third kappa shape index (κ3) is 3.61. The highest BCUT2D eigenvalue weighted by molar-refractivity contribution is 5.84. The lowest BCUT2D eigenvalue weighted by molar-refractivity contribution is -0.151. The second-order valence-electron chi connectivity index (χ2n) is 5.43. The van der Waals surface area contributed by atoms with Crippen molar-refractivity contribution in [3.63, 3.8) is 0 Å². The van der Waals surface area contributed by atoms with Crippen LogP contribution in [0.4, 0.5) is 0 Å². The maximum absolute atomic E-state index is 12.4. The number of benzene rings is 1. The second kappa shape index (κ2) is 6.72. The van der Waals surface area contributed by atoms with Crippen molar-refractivity contribution < 1.29 is 19.4 Å². The molecule has 5 heteroatoms. The van der Waals surface area contributed by atoms with Gasteiger partial charge >= 0.3 is 5.97 Å². The number of rotatable bonds is 5. The molecule has 0 saturated heterocycles. The minimum absolute atomic E-state index is 0.00527. The van der Waals surface area contributed by atoms with Gasteiger partial charge in [-0.3, -0.25) is 4.79 Å². The number of carboxylic acid groups (broad SMARTS) is 1. The third-order valence-electron chi connectivity index (χ3n) is 4.02. The van der Waals surface area contributed by atoms with Gasteiger partial charge in [-0.1, -0.05) is 24.3 Å². The molecule has 1 aromatic carbocycles. The van der Waals surface area contributed by atoms with Gasteiger partial charge < -0.3 is 14.7 Å². The van der Waals surface area contributed by atoms with Crippen molar-refractivity contribution in [3.8, 4) is 0 Å². The molecule has 0 bridgehead atoms. The fraction of sp³-hybridized carbons (Fsp3) is 0.500. The SMILES string of the molecule is COC(C)CCC(=O)N1Cc2ccccc2C[C@H]1C(=O)O. The van der Waals surface area contributed by atoms with E-state index in [1.54, 1.807) is 7.11 Å². The highest BCUT2D eigenvalue weighted by Gasteiger charge is 2.34. The zero-order valence-electron chi connectivity index (χ0n) is 12.4. The number of amides is 1. The summed E-state index contributed by atoms with van der Waals surface area (Å²) in [5.41, 5.74) is 2.04. The molecule has 0 aliphatic carbocycles. The van der Waals surface area contributed by atoms with Gasteiger partial charge in [-0.2, -0.15) is 0 Å². The Hall–Kier alpha value is -1.88. The van der Waals surface area contributed by atoms with Crippen LogP contribution in [0.15, 0.2) is 24.3 Å². The number of methoxy groups -OCH3 is 1. The standard InChI is InChI=1S/C16H21NO4/c1-11(21-2)7-8-15(18)17-10-13-6-4-3-5-12(13)9-14(17)16(19)20/h3-6,11,14H,7-10H2,1-2H3,(H,19,20)/t11?,14-/m0/s1. The van der Waals surface area contributed by atoms with Gasteiger partial charge in [0.1, 0.15) is 6.04 Å². The smallest absolute Gasteiger partial charge is 0.326 e. The molecule has 1 amide bonds. The van der Waals surface area contributed by atoms with Crippen molar-refractivity contribution in [3.05, 3.63) is 35.4 Å². The largest absolute Gasteiger partial charge is 0.480 e. The van der Waals surface area contributed by atoms with Crippen molar-refractivity contribution in [1.82, 2.24) is 4.90 Å². The number of carbonyl (C=O) groups is 2. The molecule has 1 N–H and O–H groups in total. The molecule has 1 unspecified atom stereocenters. The highest BCUT2D eigenvalue weighted by atomic mass is 16.5. The molecule has 0 saturated carbocycles. The Bertz CT molecular complexity index is 529. The van der Waals surface area contributed by atoms with Gasteiger partial charge in [-0.15, -0.1) is 0 Å². The van der Waals surface area contributed by atoms with Gasteiger partial charge in [0, 0.05) is 26.5 Å². The van der Waals surface area contributed by atoms with E-state index in [9.17, 15) is 14.7 Å². The molecule has 1 aromatic rings. The summed E-state index contributed by atoms with van der Waals surface area (Å²) in [4.78, 5) is 25.3. The number of carbonyl (C=O) groups excluding carboxylic acids is 1. The molecule has 2 rings (SSSR count). The Morgan fingerprint density at radius 3 is 2.67 bits per heavy atom. The fourth-order valence-corrected chi connectivity index (χ4v) is 2.59. The third-order valence-corrected chi connectivity index (χ3v) is 4.02. The molecule has 114 valence electrons. The summed E-state index contributed by atoms with van der Waals surface area (Å²) in [7, 11) is 1.60. The van der Waals surface area contributed by atoms with Crippen LogP contribution in [-0.4, -0.2) is 41.1 Å². The van der Waals surface area contributed by atoms with E-state index in [1.807, 2.05) is 31.2 Å². The molecule has 21 heavy (non-hydrogen) atoms. The first-order chi connectivity index (χ1) is 10.0. The predicted molar refractivity (Wildman–Crippen MR) is 77.8 cm³/mol. The lowest BCUT2D eigenvalue weighted by Gasteiger charge is -2.34. The van der Waals surface area contributed by atoms with Crippen molar-refractivity contribution in [2.75, 3.05) is 7.11 Å². The van der Waals surface area contributed by atoms with Gasteiger partial charge in [0.25, 0.3) is 0 Å². The van der Waals surface area contributed by atoms with Crippen LogP contribution in [0.3, 0.4) is 0 Å². The summed E-state index contributed by atoms with van der Waals surface area (Å²) in [6.07, 6.45) is 1.27. The summed E-state index contributed by atoms with van der Waals surface area (Å²) in [6, 6.07) is 6.92. The van der Waals surface area contributed by atoms with E-state index in [0.717, 1.165) is 11.1 Å². The molecular weight excluding hydrogens is 270 g/mol. The Kier molecular flexibility index (Phi) is 4.96. The van der Waals surface area contributed by atoms with Crippen molar-refractivity contribution >= 4 is 11.9 Å². The van der Waals surface area contributed by atoms with Crippen LogP contribution in [0.25, 0.3) is 0 Å². The Balaban J connectivity index is 2.13. The number of nitrogens with zero attached hydrogens (tertiary/aromatic N) is 1. The molecule has 1 heterocycles. The molecule has 0 aromatic heterocycles. The van der Waals surface area contributed by atoms with Gasteiger partial charge in [0.2, 0.25) is 5.91 Å². The van der Waals surface area contributed by atoms with E-state index in [1.165, 1.54) is 4.90 Å². The summed E-state index contributed by atoms with van der Waals surface area (Å²) in [5.74, 6) is -1.07. The summed E-state index contributed by atoms with van der Waals surface area (Å²) < 4.78 is 5.13. The van der Waals surface area contributed by atoms with Gasteiger partial charge in [0.05, 0.1) is 6.10 Å². The van der Waals surface area contributed by atoms with Gasteiger partial charge in [-0.05, 0) is 24.5 Å². The van der Waals surface area contributed by atoms with E-state index in [4.69, 9.17) is 4.74 Å². The number of hydrogen-bond acceptors (Lipinski definition) is 3. The van der Waals surface area contributed by atoms with Gasteiger partial charge in [0.15, 0.2) is 0 Å². The zero-order valence-corrected chi connectivity index (χ0v) is 12.4.